The Morgan fingerprint density at radius 1 is 1.43 bits per heavy atom. The molecule has 1 aromatic rings. The second-order valence-corrected chi connectivity index (χ2v) is 6.29. The number of hydrogen-bond acceptors (Lipinski definition) is 5. The second kappa shape index (κ2) is 6.66. The van der Waals surface area contributed by atoms with Gasteiger partial charge in [0.15, 0.2) is 0 Å². The van der Waals surface area contributed by atoms with Gasteiger partial charge in [-0.3, -0.25) is 4.31 Å². The summed E-state index contributed by atoms with van der Waals surface area (Å²) in [7, 11) is -4.11. The van der Waals surface area contributed by atoms with Gasteiger partial charge in [-0.25, -0.2) is 9.52 Å². The topological polar surface area (TPSA) is 95.9 Å². The maximum Gasteiger partial charge on any atom is 0.422 e. The van der Waals surface area contributed by atoms with Crippen LogP contribution in [0.1, 0.15) is 26.3 Å². The molecule has 2 N–H and O–H groups in total. The molecule has 0 saturated heterocycles. The third kappa shape index (κ3) is 4.52. The number of anilines is 1. The number of phenolic OH excluding ortho intramolecular Hbond substituents is 1. The predicted molar refractivity (Wildman–Crippen MR) is 79.5 cm³/mol. The van der Waals surface area contributed by atoms with Crippen LogP contribution in [0.25, 0.3) is 0 Å². The quantitative estimate of drug-likeness (QED) is 0.865. The summed E-state index contributed by atoms with van der Waals surface area (Å²) in [5, 5.41) is 9.51. The summed E-state index contributed by atoms with van der Waals surface area (Å²) < 4.78 is 32.1. The van der Waals surface area contributed by atoms with Crippen LogP contribution < -0.4 is 9.03 Å². The van der Waals surface area contributed by atoms with Crippen LogP contribution in [0.15, 0.2) is 18.2 Å². The molecule has 0 aliphatic carbocycles. The summed E-state index contributed by atoms with van der Waals surface area (Å²) in [6, 6.07) is 4.38. The number of benzene rings is 1. The smallest absolute Gasteiger partial charge is 0.422 e. The zero-order valence-corrected chi connectivity index (χ0v) is 13.3. The first-order valence-electron chi connectivity index (χ1n) is 6.48. The average molecular weight is 316 g/mol. The van der Waals surface area contributed by atoms with Crippen LogP contribution in [-0.4, -0.2) is 32.3 Å². The minimum absolute atomic E-state index is 0.0611. The summed E-state index contributed by atoms with van der Waals surface area (Å²) >= 11 is 0. The second-order valence-electron chi connectivity index (χ2n) is 4.70. The molecule has 0 heterocycles. The first kappa shape index (κ1) is 17.1. The third-order valence-electron chi connectivity index (χ3n) is 2.59. The molecule has 0 bridgehead atoms. The standard InChI is InChI=1S/C13H20N2O5S/c1-5-15(12-8-11(16)7-6-10(12)4)21(18,19)14-13(17)20-9(2)3/h6-9,16H,5H2,1-4H3,(H,14,17). The minimum atomic E-state index is -4.11. The van der Waals surface area contributed by atoms with E-state index < -0.39 is 22.4 Å². The summed E-state index contributed by atoms with van der Waals surface area (Å²) in [5.41, 5.74) is 0.944. The number of aromatic hydroxyl groups is 1. The molecule has 0 radical (unpaired) electrons. The van der Waals surface area contributed by atoms with Crippen LogP contribution >= 0.6 is 0 Å². The molecule has 21 heavy (non-hydrogen) atoms. The number of nitrogens with zero attached hydrogens (tertiary/aromatic N) is 1. The van der Waals surface area contributed by atoms with Crippen LogP contribution in [0.5, 0.6) is 5.75 Å². The molecule has 0 aliphatic rings. The fourth-order valence-corrected chi connectivity index (χ4v) is 2.90. The monoisotopic (exact) mass is 316 g/mol. The number of phenols is 1. The van der Waals surface area contributed by atoms with Crippen molar-refractivity contribution in [3.8, 4) is 5.75 Å². The number of aryl methyl sites for hydroxylation is 1. The Bertz CT molecular complexity index is 613. The third-order valence-corrected chi connectivity index (χ3v) is 4.05. The first-order chi connectivity index (χ1) is 9.67. The molecular formula is C13H20N2O5S. The Hall–Kier alpha value is -1.96. The Morgan fingerprint density at radius 2 is 2.05 bits per heavy atom. The summed E-state index contributed by atoms with van der Waals surface area (Å²) in [6.07, 6.45) is -1.47. The SMILES string of the molecule is CCN(c1cc(O)ccc1C)S(=O)(=O)NC(=O)OC(C)C. The van der Waals surface area contributed by atoms with Crippen molar-refractivity contribution in [1.82, 2.24) is 4.72 Å². The van der Waals surface area contributed by atoms with E-state index in [9.17, 15) is 18.3 Å². The number of nitrogens with one attached hydrogen (secondary N) is 1. The van der Waals surface area contributed by atoms with E-state index in [2.05, 4.69) is 0 Å². The van der Waals surface area contributed by atoms with Gasteiger partial charge in [0.25, 0.3) is 0 Å². The van der Waals surface area contributed by atoms with Crippen LogP contribution in [0.2, 0.25) is 0 Å². The molecule has 0 spiro atoms. The van der Waals surface area contributed by atoms with Gasteiger partial charge in [-0.15, -0.1) is 0 Å². The molecule has 0 fully saturated rings. The number of amides is 1. The van der Waals surface area contributed by atoms with Crippen LogP contribution in [0, 0.1) is 6.92 Å². The first-order valence-corrected chi connectivity index (χ1v) is 7.92. The Labute approximate surface area is 124 Å². The van der Waals surface area contributed by atoms with E-state index in [1.165, 1.54) is 12.1 Å². The van der Waals surface area contributed by atoms with Gasteiger partial charge in [-0.2, -0.15) is 8.42 Å². The van der Waals surface area contributed by atoms with E-state index in [4.69, 9.17) is 4.74 Å². The fraction of sp³-hybridized carbons (Fsp3) is 0.462. The molecule has 0 aliphatic heterocycles. The Kier molecular flexibility index (Phi) is 5.42. The molecule has 1 rings (SSSR count). The Balaban J connectivity index is 3.08. The van der Waals surface area contributed by atoms with E-state index in [0.717, 1.165) is 4.31 Å². The highest BCUT2D eigenvalue weighted by Crippen LogP contribution is 2.26. The molecule has 0 aromatic heterocycles. The highest BCUT2D eigenvalue weighted by Gasteiger charge is 2.25. The molecule has 0 unspecified atom stereocenters. The Morgan fingerprint density at radius 3 is 2.57 bits per heavy atom. The molecule has 0 atom stereocenters. The van der Waals surface area contributed by atoms with Gasteiger partial charge in [0.2, 0.25) is 0 Å². The number of carbonyl (C=O) groups is 1. The maximum absolute atomic E-state index is 12.3. The lowest BCUT2D eigenvalue weighted by Crippen LogP contribution is -2.44. The van der Waals surface area contributed by atoms with Crippen molar-refractivity contribution < 1.29 is 23.1 Å². The van der Waals surface area contributed by atoms with Crippen LogP contribution in [-0.2, 0) is 14.9 Å². The van der Waals surface area contributed by atoms with Gasteiger partial charge in [-0.1, -0.05) is 6.07 Å². The van der Waals surface area contributed by atoms with Crippen molar-refractivity contribution in [3.63, 3.8) is 0 Å². The van der Waals surface area contributed by atoms with E-state index >= 15 is 0 Å². The largest absolute Gasteiger partial charge is 0.508 e. The van der Waals surface area contributed by atoms with Crippen molar-refractivity contribution in [2.75, 3.05) is 10.8 Å². The molecule has 7 nitrogen and oxygen atoms in total. The molecule has 118 valence electrons. The molecule has 1 amide bonds. The lowest BCUT2D eigenvalue weighted by molar-refractivity contribution is 0.121. The van der Waals surface area contributed by atoms with E-state index in [-0.39, 0.29) is 12.3 Å². The van der Waals surface area contributed by atoms with Crippen molar-refractivity contribution in [1.29, 1.82) is 0 Å². The summed E-state index contributed by atoms with van der Waals surface area (Å²) in [6.45, 7) is 6.65. The van der Waals surface area contributed by atoms with E-state index in [0.29, 0.717) is 11.3 Å². The van der Waals surface area contributed by atoms with Gasteiger partial charge < -0.3 is 9.84 Å². The van der Waals surface area contributed by atoms with E-state index in [1.807, 2.05) is 4.72 Å². The van der Waals surface area contributed by atoms with Gasteiger partial charge >= 0.3 is 16.3 Å². The van der Waals surface area contributed by atoms with Crippen molar-refractivity contribution in [2.24, 2.45) is 0 Å². The molecular weight excluding hydrogens is 296 g/mol. The summed E-state index contributed by atoms with van der Waals surface area (Å²) in [5.74, 6) is -0.0611. The lowest BCUT2D eigenvalue weighted by atomic mass is 10.2. The number of hydrogen-bond donors (Lipinski definition) is 2. The predicted octanol–water partition coefficient (Wildman–Crippen LogP) is 1.91. The fourth-order valence-electron chi connectivity index (χ4n) is 1.73. The van der Waals surface area contributed by atoms with Crippen LogP contribution in [0.4, 0.5) is 10.5 Å². The minimum Gasteiger partial charge on any atom is -0.508 e. The summed E-state index contributed by atoms with van der Waals surface area (Å²) in [4.78, 5) is 11.5. The average Bonchev–Trinajstić information content (AvgIpc) is 2.32. The number of ether oxygens (including phenoxy) is 1. The zero-order valence-electron chi connectivity index (χ0n) is 12.5. The molecule has 8 heteroatoms. The number of carbonyl (C=O) groups excluding carboxylic acids is 1. The van der Waals surface area contributed by atoms with Crippen molar-refractivity contribution in [2.45, 2.75) is 33.8 Å². The lowest BCUT2D eigenvalue weighted by Gasteiger charge is -2.24. The van der Waals surface area contributed by atoms with Gasteiger partial charge in [0, 0.05) is 12.6 Å². The van der Waals surface area contributed by atoms with Crippen LogP contribution in [0.3, 0.4) is 0 Å². The highest BCUT2D eigenvalue weighted by atomic mass is 32.2. The zero-order chi connectivity index (χ0) is 16.2. The van der Waals surface area contributed by atoms with Gasteiger partial charge in [-0.05, 0) is 39.3 Å². The van der Waals surface area contributed by atoms with Gasteiger partial charge in [0.1, 0.15) is 5.75 Å². The normalized spacial score (nSPS) is 11.3. The van der Waals surface area contributed by atoms with Crippen molar-refractivity contribution >= 4 is 22.0 Å². The van der Waals surface area contributed by atoms with E-state index in [1.54, 1.807) is 33.8 Å². The highest BCUT2D eigenvalue weighted by molar-refractivity contribution is 7.91. The number of rotatable bonds is 5. The maximum atomic E-state index is 12.3. The van der Waals surface area contributed by atoms with Crippen molar-refractivity contribution in [3.05, 3.63) is 23.8 Å². The van der Waals surface area contributed by atoms with Gasteiger partial charge in [0.05, 0.1) is 11.8 Å². The molecule has 1 aromatic carbocycles. The molecule has 0 saturated carbocycles.